The number of rotatable bonds is 9. The standard InChI is InChI=1S/C24H32Cl2N4O4S/c1-17(23(32)27-24(2,3)4)29(15-18-12-13-20(25)21(26)14-18)22(31)16-30(35(33,34)28(5)6)19-10-8-7-9-11-19/h7-14,17H,15-16H2,1-6H3,(H,27,32). The molecule has 0 aliphatic heterocycles. The minimum absolute atomic E-state index is 0.0269. The third-order valence-corrected chi connectivity index (χ3v) is 7.62. The summed E-state index contributed by atoms with van der Waals surface area (Å²) in [5.41, 5.74) is 0.453. The first kappa shape index (κ1) is 28.9. The smallest absolute Gasteiger partial charge is 0.304 e. The highest BCUT2D eigenvalue weighted by Gasteiger charge is 2.33. The molecule has 1 atom stereocenters. The van der Waals surface area contributed by atoms with Gasteiger partial charge >= 0.3 is 10.2 Å². The van der Waals surface area contributed by atoms with Gasteiger partial charge < -0.3 is 10.2 Å². The third-order valence-electron chi connectivity index (χ3n) is 5.07. The van der Waals surface area contributed by atoms with E-state index < -0.39 is 34.2 Å². The fourth-order valence-electron chi connectivity index (χ4n) is 3.20. The van der Waals surface area contributed by atoms with E-state index in [-0.39, 0.29) is 12.5 Å². The number of benzene rings is 2. The third kappa shape index (κ3) is 7.83. The number of anilines is 1. The lowest BCUT2D eigenvalue weighted by Gasteiger charge is -2.34. The fourth-order valence-corrected chi connectivity index (χ4v) is 4.58. The molecule has 0 aliphatic rings. The zero-order valence-electron chi connectivity index (χ0n) is 20.7. The van der Waals surface area contributed by atoms with Gasteiger partial charge in [-0.15, -0.1) is 0 Å². The summed E-state index contributed by atoms with van der Waals surface area (Å²) in [5, 5.41) is 3.54. The maximum Gasteiger partial charge on any atom is 0.304 e. The molecule has 192 valence electrons. The number of nitrogens with one attached hydrogen (secondary N) is 1. The predicted molar refractivity (Wildman–Crippen MR) is 141 cm³/mol. The highest BCUT2D eigenvalue weighted by atomic mass is 35.5. The lowest BCUT2D eigenvalue weighted by molar-refractivity contribution is -0.140. The van der Waals surface area contributed by atoms with E-state index >= 15 is 0 Å². The summed E-state index contributed by atoms with van der Waals surface area (Å²) in [6.45, 7) is 6.64. The topological polar surface area (TPSA) is 90.0 Å². The summed E-state index contributed by atoms with van der Waals surface area (Å²) in [6.07, 6.45) is 0. The van der Waals surface area contributed by atoms with Crippen LogP contribution >= 0.6 is 23.2 Å². The molecule has 35 heavy (non-hydrogen) atoms. The molecule has 0 saturated carbocycles. The second-order valence-corrected chi connectivity index (χ2v) is 12.2. The number of nitrogens with zero attached hydrogens (tertiary/aromatic N) is 3. The Bertz CT molecular complexity index is 1150. The average molecular weight is 544 g/mol. The molecule has 1 unspecified atom stereocenters. The second-order valence-electron chi connectivity index (χ2n) is 9.32. The number of amides is 2. The minimum atomic E-state index is -4.00. The fraction of sp³-hybridized carbons (Fsp3) is 0.417. The van der Waals surface area contributed by atoms with Crippen LogP contribution in [0.25, 0.3) is 0 Å². The van der Waals surface area contributed by atoms with Crippen LogP contribution in [0.15, 0.2) is 48.5 Å². The molecular formula is C24H32Cl2N4O4S. The van der Waals surface area contributed by atoms with Gasteiger partial charge in [0.05, 0.1) is 15.7 Å². The lowest BCUT2D eigenvalue weighted by atomic mass is 10.1. The van der Waals surface area contributed by atoms with Gasteiger partial charge in [-0.05, 0) is 57.5 Å². The Labute approximate surface area is 218 Å². The summed E-state index contributed by atoms with van der Waals surface area (Å²) in [7, 11) is -1.22. The predicted octanol–water partition coefficient (Wildman–Crippen LogP) is 3.94. The van der Waals surface area contributed by atoms with Crippen molar-refractivity contribution >= 4 is 50.9 Å². The molecule has 0 fully saturated rings. The Morgan fingerprint density at radius 1 is 1.00 bits per heavy atom. The van der Waals surface area contributed by atoms with Gasteiger partial charge in [0.25, 0.3) is 0 Å². The number of carbonyl (C=O) groups is 2. The van der Waals surface area contributed by atoms with Crippen molar-refractivity contribution in [3.05, 3.63) is 64.1 Å². The monoisotopic (exact) mass is 542 g/mol. The molecule has 2 amide bonds. The van der Waals surface area contributed by atoms with Gasteiger partial charge in [0, 0.05) is 26.2 Å². The van der Waals surface area contributed by atoms with Gasteiger partial charge in [-0.2, -0.15) is 12.7 Å². The summed E-state index contributed by atoms with van der Waals surface area (Å²) in [5.74, 6) is -0.922. The lowest BCUT2D eigenvalue weighted by Crippen LogP contribution is -2.54. The van der Waals surface area contributed by atoms with Crippen LogP contribution in [-0.4, -0.2) is 61.7 Å². The van der Waals surface area contributed by atoms with Crippen molar-refractivity contribution in [1.82, 2.24) is 14.5 Å². The first-order valence-corrected chi connectivity index (χ1v) is 13.1. The first-order chi connectivity index (χ1) is 16.1. The van der Waals surface area contributed by atoms with Gasteiger partial charge in [0.2, 0.25) is 11.8 Å². The zero-order valence-corrected chi connectivity index (χ0v) is 23.1. The molecular weight excluding hydrogens is 511 g/mol. The second kappa shape index (κ2) is 11.6. The van der Waals surface area contributed by atoms with E-state index in [4.69, 9.17) is 23.2 Å². The van der Waals surface area contributed by atoms with E-state index in [9.17, 15) is 18.0 Å². The van der Waals surface area contributed by atoms with Crippen LogP contribution in [-0.2, 0) is 26.3 Å². The van der Waals surface area contributed by atoms with Gasteiger partial charge in [-0.1, -0.05) is 47.5 Å². The van der Waals surface area contributed by atoms with Gasteiger partial charge in [0.1, 0.15) is 12.6 Å². The SMILES string of the molecule is CC(C(=O)NC(C)(C)C)N(Cc1ccc(Cl)c(Cl)c1)C(=O)CN(c1ccccc1)S(=O)(=O)N(C)C. The van der Waals surface area contributed by atoms with E-state index in [1.807, 2.05) is 20.8 Å². The van der Waals surface area contributed by atoms with Crippen LogP contribution in [0.3, 0.4) is 0 Å². The first-order valence-electron chi connectivity index (χ1n) is 10.9. The Kier molecular flexibility index (Phi) is 9.58. The maximum atomic E-state index is 13.6. The van der Waals surface area contributed by atoms with E-state index in [1.165, 1.54) is 19.0 Å². The molecule has 0 radical (unpaired) electrons. The quantitative estimate of drug-likeness (QED) is 0.519. The highest BCUT2D eigenvalue weighted by Crippen LogP contribution is 2.25. The van der Waals surface area contributed by atoms with Crippen molar-refractivity contribution in [2.75, 3.05) is 24.9 Å². The van der Waals surface area contributed by atoms with E-state index in [0.717, 1.165) is 8.61 Å². The van der Waals surface area contributed by atoms with Crippen LogP contribution in [0.2, 0.25) is 10.0 Å². The Balaban J connectivity index is 2.46. The molecule has 2 rings (SSSR count). The largest absolute Gasteiger partial charge is 0.350 e. The van der Waals surface area contributed by atoms with E-state index in [1.54, 1.807) is 55.5 Å². The molecule has 2 aromatic carbocycles. The molecule has 0 saturated heterocycles. The van der Waals surface area contributed by atoms with Crippen molar-refractivity contribution in [1.29, 1.82) is 0 Å². The van der Waals surface area contributed by atoms with E-state index in [2.05, 4.69) is 5.32 Å². The van der Waals surface area contributed by atoms with Crippen LogP contribution in [0.5, 0.6) is 0 Å². The Hall–Kier alpha value is -2.33. The van der Waals surface area contributed by atoms with Crippen molar-refractivity contribution in [3.63, 3.8) is 0 Å². The van der Waals surface area contributed by atoms with Gasteiger partial charge in [0.15, 0.2) is 0 Å². The number of para-hydroxylation sites is 1. The summed E-state index contributed by atoms with van der Waals surface area (Å²) >= 11 is 12.2. The molecule has 0 aromatic heterocycles. The molecule has 0 aliphatic carbocycles. The highest BCUT2D eigenvalue weighted by molar-refractivity contribution is 7.90. The average Bonchev–Trinajstić information content (AvgIpc) is 2.76. The minimum Gasteiger partial charge on any atom is -0.350 e. The van der Waals surface area contributed by atoms with Crippen LogP contribution in [0.1, 0.15) is 33.3 Å². The molecule has 0 bridgehead atoms. The molecule has 0 spiro atoms. The van der Waals surface area contributed by atoms with Crippen LogP contribution in [0.4, 0.5) is 5.69 Å². The van der Waals surface area contributed by atoms with Crippen molar-refractivity contribution in [3.8, 4) is 0 Å². The summed E-state index contributed by atoms with van der Waals surface area (Å²) in [4.78, 5) is 27.9. The van der Waals surface area contributed by atoms with Gasteiger partial charge in [-0.25, -0.2) is 4.31 Å². The molecule has 1 N–H and O–H groups in total. The summed E-state index contributed by atoms with van der Waals surface area (Å²) < 4.78 is 28.2. The maximum absolute atomic E-state index is 13.6. The number of halogens is 2. The molecule has 11 heteroatoms. The Morgan fingerprint density at radius 3 is 2.11 bits per heavy atom. The van der Waals surface area contributed by atoms with E-state index in [0.29, 0.717) is 21.3 Å². The van der Waals surface area contributed by atoms with Gasteiger partial charge in [-0.3, -0.25) is 9.59 Å². The van der Waals surface area contributed by atoms with Crippen LogP contribution < -0.4 is 9.62 Å². The van der Waals surface area contributed by atoms with Crippen molar-refractivity contribution < 1.29 is 18.0 Å². The normalized spacial score (nSPS) is 12.8. The molecule has 2 aromatic rings. The molecule has 8 nitrogen and oxygen atoms in total. The summed E-state index contributed by atoms with van der Waals surface area (Å²) in [6, 6.07) is 12.4. The number of hydrogen-bond acceptors (Lipinski definition) is 4. The number of hydrogen-bond donors (Lipinski definition) is 1. The number of carbonyl (C=O) groups excluding carboxylic acids is 2. The Morgan fingerprint density at radius 2 is 1.60 bits per heavy atom. The van der Waals surface area contributed by atoms with Crippen LogP contribution in [0, 0.1) is 0 Å². The van der Waals surface area contributed by atoms with Crippen molar-refractivity contribution in [2.24, 2.45) is 0 Å². The molecule has 0 heterocycles. The van der Waals surface area contributed by atoms with Crippen molar-refractivity contribution in [2.45, 2.75) is 45.8 Å². The zero-order chi connectivity index (χ0) is 26.6.